The van der Waals surface area contributed by atoms with Gasteiger partial charge in [-0.15, -0.1) is 0 Å². The lowest BCUT2D eigenvalue weighted by Gasteiger charge is -2.30. The summed E-state index contributed by atoms with van der Waals surface area (Å²) in [6.07, 6.45) is 7.14. The van der Waals surface area contributed by atoms with Crippen LogP contribution in [0.2, 0.25) is 0 Å². The highest BCUT2D eigenvalue weighted by atomic mass is 19.1. The van der Waals surface area contributed by atoms with E-state index in [1.165, 1.54) is 23.8 Å². The molecule has 1 aromatic carbocycles. The van der Waals surface area contributed by atoms with Gasteiger partial charge in [-0.2, -0.15) is 0 Å². The van der Waals surface area contributed by atoms with Gasteiger partial charge < -0.3 is 14.6 Å². The number of carbonyl (C=O) groups excluding carboxylic acids is 2. The van der Waals surface area contributed by atoms with E-state index < -0.39 is 6.04 Å². The highest BCUT2D eigenvalue weighted by Gasteiger charge is 2.37. The number of hydrogen-bond acceptors (Lipinski definition) is 4. The van der Waals surface area contributed by atoms with Crippen molar-refractivity contribution >= 4 is 11.8 Å². The van der Waals surface area contributed by atoms with Gasteiger partial charge in [-0.3, -0.25) is 14.5 Å². The molecule has 4 rings (SSSR count). The van der Waals surface area contributed by atoms with Crippen molar-refractivity contribution in [2.75, 3.05) is 19.6 Å². The van der Waals surface area contributed by atoms with E-state index in [1.54, 1.807) is 24.5 Å². The van der Waals surface area contributed by atoms with E-state index in [0.29, 0.717) is 24.9 Å². The van der Waals surface area contributed by atoms with Crippen LogP contribution in [0.15, 0.2) is 47.1 Å². The molecular formula is C24H30FN3O3. The molecule has 3 heterocycles. The first-order valence-corrected chi connectivity index (χ1v) is 11.2. The molecule has 2 fully saturated rings. The second kappa shape index (κ2) is 10.1. The lowest BCUT2D eigenvalue weighted by Crippen LogP contribution is -2.47. The van der Waals surface area contributed by atoms with E-state index in [2.05, 4.69) is 10.2 Å². The first-order chi connectivity index (χ1) is 15.1. The standard InChI is InChI=1S/C24H30FN3O3/c25-19-9-4-3-8-18(19)17-28-20(11-12-23(28)29)24(30)26-16-21(22-10-7-15-31-22)27-13-5-1-2-6-14-27/h3-4,7-10,15,20-21H,1-2,5-6,11-14,16-17H2,(H,26,30). The van der Waals surface area contributed by atoms with Crippen molar-refractivity contribution in [2.24, 2.45) is 0 Å². The molecule has 2 amide bonds. The third kappa shape index (κ3) is 5.15. The molecule has 0 saturated carbocycles. The molecule has 2 aliphatic heterocycles. The molecule has 2 saturated heterocycles. The van der Waals surface area contributed by atoms with Crippen LogP contribution in [0.25, 0.3) is 0 Å². The molecule has 2 atom stereocenters. The van der Waals surface area contributed by atoms with Crippen LogP contribution in [0.1, 0.15) is 55.9 Å². The zero-order chi connectivity index (χ0) is 21.6. The van der Waals surface area contributed by atoms with Gasteiger partial charge in [-0.1, -0.05) is 31.0 Å². The van der Waals surface area contributed by atoms with E-state index >= 15 is 0 Å². The predicted molar refractivity (Wildman–Crippen MR) is 114 cm³/mol. The zero-order valence-corrected chi connectivity index (χ0v) is 17.8. The minimum atomic E-state index is -0.575. The molecule has 0 aliphatic carbocycles. The molecule has 31 heavy (non-hydrogen) atoms. The summed E-state index contributed by atoms with van der Waals surface area (Å²) in [5.74, 6) is 0.181. The van der Waals surface area contributed by atoms with Crippen molar-refractivity contribution in [3.05, 3.63) is 59.8 Å². The molecule has 166 valence electrons. The quantitative estimate of drug-likeness (QED) is 0.733. The van der Waals surface area contributed by atoms with Crippen molar-refractivity contribution < 1.29 is 18.4 Å². The zero-order valence-electron chi connectivity index (χ0n) is 17.8. The maximum absolute atomic E-state index is 14.1. The fourth-order valence-electron chi connectivity index (χ4n) is 4.63. The summed E-state index contributed by atoms with van der Waals surface area (Å²) in [6, 6.07) is 9.60. The summed E-state index contributed by atoms with van der Waals surface area (Å²) in [4.78, 5) is 29.3. The maximum Gasteiger partial charge on any atom is 0.242 e. The van der Waals surface area contributed by atoms with E-state index in [9.17, 15) is 14.0 Å². The number of likely N-dealkylation sites (tertiary alicyclic amines) is 2. The summed E-state index contributed by atoms with van der Waals surface area (Å²) in [7, 11) is 0. The Kier molecular flexibility index (Phi) is 7.02. The molecule has 7 heteroatoms. The molecule has 2 aromatic rings. The largest absolute Gasteiger partial charge is 0.468 e. The average molecular weight is 428 g/mol. The topological polar surface area (TPSA) is 65.8 Å². The second-order valence-corrected chi connectivity index (χ2v) is 8.39. The molecule has 1 aromatic heterocycles. The number of rotatable bonds is 7. The van der Waals surface area contributed by atoms with Gasteiger partial charge in [-0.25, -0.2) is 4.39 Å². The van der Waals surface area contributed by atoms with Crippen LogP contribution in [0.5, 0.6) is 0 Å². The van der Waals surface area contributed by atoms with Crippen LogP contribution >= 0.6 is 0 Å². The van der Waals surface area contributed by atoms with Gasteiger partial charge in [0.2, 0.25) is 11.8 Å². The van der Waals surface area contributed by atoms with Crippen molar-refractivity contribution in [2.45, 2.75) is 57.2 Å². The molecule has 0 radical (unpaired) electrons. The monoisotopic (exact) mass is 427 g/mol. The average Bonchev–Trinajstić information content (AvgIpc) is 3.33. The molecule has 0 bridgehead atoms. The number of halogens is 1. The van der Waals surface area contributed by atoms with Crippen LogP contribution in [0.4, 0.5) is 4.39 Å². The van der Waals surface area contributed by atoms with Crippen LogP contribution in [0.3, 0.4) is 0 Å². The van der Waals surface area contributed by atoms with Crippen LogP contribution in [-0.4, -0.2) is 47.3 Å². The molecule has 2 unspecified atom stereocenters. The smallest absolute Gasteiger partial charge is 0.242 e. The van der Waals surface area contributed by atoms with Crippen LogP contribution in [0, 0.1) is 5.82 Å². The first-order valence-electron chi connectivity index (χ1n) is 11.2. The van der Waals surface area contributed by atoms with Gasteiger partial charge in [-0.05, 0) is 50.6 Å². The summed E-state index contributed by atoms with van der Waals surface area (Å²) in [6.45, 7) is 2.48. The van der Waals surface area contributed by atoms with Crippen LogP contribution < -0.4 is 5.32 Å². The van der Waals surface area contributed by atoms with E-state index in [0.717, 1.165) is 31.7 Å². The Balaban J connectivity index is 1.43. The van der Waals surface area contributed by atoms with Crippen molar-refractivity contribution in [3.8, 4) is 0 Å². The van der Waals surface area contributed by atoms with Gasteiger partial charge in [0.1, 0.15) is 17.6 Å². The number of nitrogens with one attached hydrogen (secondary N) is 1. The molecule has 2 aliphatic rings. The van der Waals surface area contributed by atoms with Crippen molar-refractivity contribution in [1.82, 2.24) is 15.1 Å². The number of furan rings is 1. The number of amides is 2. The molecular weight excluding hydrogens is 397 g/mol. The van der Waals surface area contributed by atoms with Gasteiger partial charge in [0.15, 0.2) is 0 Å². The Morgan fingerprint density at radius 1 is 1.13 bits per heavy atom. The van der Waals surface area contributed by atoms with E-state index in [-0.39, 0.29) is 30.2 Å². The summed E-state index contributed by atoms with van der Waals surface area (Å²) in [5.41, 5.74) is 0.425. The third-order valence-corrected chi connectivity index (χ3v) is 6.35. The Labute approximate surface area is 182 Å². The summed E-state index contributed by atoms with van der Waals surface area (Å²) in [5, 5.41) is 3.05. The highest BCUT2D eigenvalue weighted by molar-refractivity contribution is 5.90. The van der Waals surface area contributed by atoms with E-state index in [4.69, 9.17) is 4.42 Å². The van der Waals surface area contributed by atoms with Crippen molar-refractivity contribution in [1.29, 1.82) is 0 Å². The van der Waals surface area contributed by atoms with E-state index in [1.807, 2.05) is 12.1 Å². The second-order valence-electron chi connectivity index (χ2n) is 8.39. The summed E-state index contributed by atoms with van der Waals surface area (Å²) < 4.78 is 19.8. The Bertz CT molecular complexity index is 878. The maximum atomic E-state index is 14.1. The minimum Gasteiger partial charge on any atom is -0.468 e. The van der Waals surface area contributed by atoms with Crippen LogP contribution in [-0.2, 0) is 16.1 Å². The normalized spacial score (nSPS) is 21.1. The minimum absolute atomic E-state index is 0.0332. The molecule has 6 nitrogen and oxygen atoms in total. The lowest BCUT2D eigenvalue weighted by molar-refractivity contribution is -0.136. The van der Waals surface area contributed by atoms with Gasteiger partial charge in [0.05, 0.1) is 12.3 Å². The Morgan fingerprint density at radius 2 is 1.90 bits per heavy atom. The SMILES string of the molecule is O=C(NCC(c1ccco1)N1CCCCCC1)C1CCC(=O)N1Cc1ccccc1F. The number of hydrogen-bond donors (Lipinski definition) is 1. The Morgan fingerprint density at radius 3 is 2.61 bits per heavy atom. The molecule has 0 spiro atoms. The van der Waals surface area contributed by atoms with Gasteiger partial charge in [0, 0.05) is 25.1 Å². The summed E-state index contributed by atoms with van der Waals surface area (Å²) >= 11 is 0. The molecule has 1 N–H and O–H groups in total. The third-order valence-electron chi connectivity index (χ3n) is 6.35. The number of nitrogens with zero attached hydrogens (tertiary/aromatic N) is 2. The predicted octanol–water partition coefficient (Wildman–Crippen LogP) is 3.64. The van der Waals surface area contributed by atoms with Crippen molar-refractivity contribution in [3.63, 3.8) is 0 Å². The fourth-order valence-corrected chi connectivity index (χ4v) is 4.63. The highest BCUT2D eigenvalue weighted by Crippen LogP contribution is 2.26. The number of benzene rings is 1. The van der Waals surface area contributed by atoms with Gasteiger partial charge in [0.25, 0.3) is 0 Å². The van der Waals surface area contributed by atoms with Gasteiger partial charge >= 0.3 is 0 Å². The first kappa shape index (κ1) is 21.6. The Hall–Kier alpha value is -2.67. The number of carbonyl (C=O) groups is 2. The lowest BCUT2D eigenvalue weighted by atomic mass is 10.1. The fraction of sp³-hybridized carbons (Fsp3) is 0.500.